The van der Waals surface area contributed by atoms with Crippen molar-refractivity contribution in [3.05, 3.63) is 17.0 Å². The molecule has 0 radical (unpaired) electrons. The molecule has 0 spiro atoms. The number of rotatable bonds is 2. The Hall–Kier alpha value is -0.830. The second kappa shape index (κ2) is 3.34. The molecule has 1 aromatic heterocycles. The Kier molecular flexibility index (Phi) is 2.09. The number of hydrogen-bond donors (Lipinski definition) is 1. The summed E-state index contributed by atoms with van der Waals surface area (Å²) in [5, 5.41) is 8.13. The summed E-state index contributed by atoms with van der Waals surface area (Å²) in [4.78, 5) is 0. The first-order chi connectivity index (χ1) is 7.31. The summed E-state index contributed by atoms with van der Waals surface area (Å²) < 4.78 is 2.14. The van der Waals surface area contributed by atoms with Gasteiger partial charge in [0.15, 0.2) is 0 Å². The number of fused-ring (bicyclic) bond motifs is 1. The molecule has 3 nitrogen and oxygen atoms in total. The molecule has 1 aromatic rings. The number of nitrogens with one attached hydrogen (secondary N) is 1. The second-order valence-electron chi connectivity index (χ2n) is 4.88. The van der Waals surface area contributed by atoms with Crippen LogP contribution in [0.1, 0.15) is 54.6 Å². The first-order valence-corrected chi connectivity index (χ1v) is 6.04. The van der Waals surface area contributed by atoms with E-state index in [1.165, 1.54) is 49.1 Å². The Morgan fingerprint density at radius 2 is 2.13 bits per heavy atom. The van der Waals surface area contributed by atoms with E-state index in [0.29, 0.717) is 6.04 Å². The lowest BCUT2D eigenvalue weighted by Crippen LogP contribution is -2.22. The van der Waals surface area contributed by atoms with Crippen LogP contribution in [0.15, 0.2) is 0 Å². The van der Waals surface area contributed by atoms with Gasteiger partial charge in [0.25, 0.3) is 0 Å². The topological polar surface area (TPSA) is 29.9 Å². The third-order valence-electron chi connectivity index (χ3n) is 3.77. The van der Waals surface area contributed by atoms with E-state index in [9.17, 15) is 0 Å². The number of aromatic nitrogens is 2. The Labute approximate surface area is 90.9 Å². The minimum absolute atomic E-state index is 0.554. The zero-order chi connectivity index (χ0) is 10.4. The molecule has 1 N–H and O–H groups in total. The van der Waals surface area contributed by atoms with Crippen LogP contribution in [0.25, 0.3) is 0 Å². The summed E-state index contributed by atoms with van der Waals surface area (Å²) in [7, 11) is 4.18. The first kappa shape index (κ1) is 9.40. The van der Waals surface area contributed by atoms with Gasteiger partial charge in [-0.25, -0.2) is 0 Å². The van der Waals surface area contributed by atoms with Gasteiger partial charge >= 0.3 is 0 Å². The van der Waals surface area contributed by atoms with E-state index in [1.54, 1.807) is 0 Å². The summed E-state index contributed by atoms with van der Waals surface area (Å²) in [5.74, 6) is 0.806. The van der Waals surface area contributed by atoms with Crippen molar-refractivity contribution in [2.75, 3.05) is 7.05 Å². The molecule has 1 fully saturated rings. The number of hydrogen-bond acceptors (Lipinski definition) is 2. The van der Waals surface area contributed by atoms with Crippen LogP contribution in [-0.4, -0.2) is 16.8 Å². The minimum atomic E-state index is 0.554. The Morgan fingerprint density at radius 1 is 1.33 bits per heavy atom. The molecular weight excluding hydrogens is 186 g/mol. The maximum atomic E-state index is 4.69. The Balaban J connectivity index is 2.09. The maximum Gasteiger partial charge on any atom is 0.0675 e. The van der Waals surface area contributed by atoms with Crippen molar-refractivity contribution >= 4 is 0 Å². The molecule has 2 aliphatic carbocycles. The van der Waals surface area contributed by atoms with Gasteiger partial charge in [0.1, 0.15) is 0 Å². The van der Waals surface area contributed by atoms with E-state index in [-0.39, 0.29) is 0 Å². The SMILES string of the molecule is CNC1CCCc2nn(C)c(C3CC3)c21. The predicted molar refractivity (Wildman–Crippen MR) is 59.9 cm³/mol. The van der Waals surface area contributed by atoms with Gasteiger partial charge in [-0.3, -0.25) is 4.68 Å². The molecule has 1 unspecified atom stereocenters. The molecule has 3 heteroatoms. The molecule has 1 atom stereocenters. The highest BCUT2D eigenvalue weighted by Gasteiger charge is 2.35. The molecular formula is C12H19N3. The lowest BCUT2D eigenvalue weighted by molar-refractivity contribution is 0.491. The van der Waals surface area contributed by atoms with E-state index in [1.807, 2.05) is 0 Å². The van der Waals surface area contributed by atoms with E-state index in [2.05, 4.69) is 29.2 Å². The third kappa shape index (κ3) is 1.41. The molecule has 1 saturated carbocycles. The summed E-state index contributed by atoms with van der Waals surface area (Å²) in [5.41, 5.74) is 4.41. The van der Waals surface area contributed by atoms with E-state index >= 15 is 0 Å². The molecule has 82 valence electrons. The van der Waals surface area contributed by atoms with E-state index in [0.717, 1.165) is 5.92 Å². The average molecular weight is 205 g/mol. The van der Waals surface area contributed by atoms with Gasteiger partial charge in [-0.1, -0.05) is 0 Å². The summed E-state index contributed by atoms with van der Waals surface area (Å²) in [6, 6.07) is 0.554. The molecule has 1 heterocycles. The fourth-order valence-corrected chi connectivity index (χ4v) is 2.92. The normalized spacial score (nSPS) is 25.3. The van der Waals surface area contributed by atoms with Gasteiger partial charge in [-0.15, -0.1) is 0 Å². The zero-order valence-electron chi connectivity index (χ0n) is 9.58. The van der Waals surface area contributed by atoms with Gasteiger partial charge in [-0.2, -0.15) is 5.10 Å². The quantitative estimate of drug-likeness (QED) is 0.799. The number of nitrogens with zero attached hydrogens (tertiary/aromatic N) is 2. The second-order valence-corrected chi connectivity index (χ2v) is 4.88. The van der Waals surface area contributed by atoms with Crippen LogP contribution in [-0.2, 0) is 13.5 Å². The van der Waals surface area contributed by atoms with Crippen LogP contribution >= 0.6 is 0 Å². The van der Waals surface area contributed by atoms with Crippen LogP contribution in [0.2, 0.25) is 0 Å². The van der Waals surface area contributed by atoms with Crippen molar-refractivity contribution in [3.8, 4) is 0 Å². The molecule has 3 rings (SSSR count). The lowest BCUT2D eigenvalue weighted by Gasteiger charge is -2.22. The molecule has 0 aliphatic heterocycles. The van der Waals surface area contributed by atoms with Crippen molar-refractivity contribution in [1.29, 1.82) is 0 Å². The fraction of sp³-hybridized carbons (Fsp3) is 0.750. The van der Waals surface area contributed by atoms with Gasteiger partial charge in [-0.05, 0) is 39.2 Å². The first-order valence-electron chi connectivity index (χ1n) is 6.04. The lowest BCUT2D eigenvalue weighted by atomic mass is 9.90. The smallest absolute Gasteiger partial charge is 0.0675 e. The van der Waals surface area contributed by atoms with Crippen molar-refractivity contribution in [2.45, 2.75) is 44.1 Å². The highest BCUT2D eigenvalue weighted by molar-refractivity contribution is 5.36. The molecule has 0 amide bonds. The van der Waals surface area contributed by atoms with E-state index < -0.39 is 0 Å². The summed E-state index contributed by atoms with van der Waals surface area (Å²) >= 11 is 0. The highest BCUT2D eigenvalue weighted by atomic mass is 15.3. The average Bonchev–Trinajstić information content (AvgIpc) is 3.00. The van der Waals surface area contributed by atoms with Gasteiger partial charge < -0.3 is 5.32 Å². The fourth-order valence-electron chi connectivity index (χ4n) is 2.92. The van der Waals surface area contributed by atoms with Crippen molar-refractivity contribution in [3.63, 3.8) is 0 Å². The molecule has 15 heavy (non-hydrogen) atoms. The van der Waals surface area contributed by atoms with Crippen molar-refractivity contribution in [1.82, 2.24) is 15.1 Å². The molecule has 0 bridgehead atoms. The minimum Gasteiger partial charge on any atom is -0.313 e. The monoisotopic (exact) mass is 205 g/mol. The molecule has 0 saturated heterocycles. The van der Waals surface area contributed by atoms with Crippen LogP contribution in [0.5, 0.6) is 0 Å². The van der Waals surface area contributed by atoms with Crippen LogP contribution in [0.3, 0.4) is 0 Å². The predicted octanol–water partition coefficient (Wildman–Crippen LogP) is 1.89. The highest BCUT2D eigenvalue weighted by Crippen LogP contribution is 2.45. The Bertz CT molecular complexity index is 376. The summed E-state index contributed by atoms with van der Waals surface area (Å²) in [6.07, 6.45) is 6.45. The number of aryl methyl sites for hydroxylation is 2. The summed E-state index contributed by atoms with van der Waals surface area (Å²) in [6.45, 7) is 0. The van der Waals surface area contributed by atoms with Crippen LogP contribution < -0.4 is 5.32 Å². The third-order valence-corrected chi connectivity index (χ3v) is 3.77. The molecule has 2 aliphatic rings. The van der Waals surface area contributed by atoms with Gasteiger partial charge in [0, 0.05) is 30.3 Å². The van der Waals surface area contributed by atoms with Gasteiger partial charge in [0.05, 0.1) is 5.69 Å². The standard InChI is InChI=1S/C12H19N3/c1-13-9-4-3-5-10-11(9)12(8-6-7-8)15(2)14-10/h8-9,13H,3-7H2,1-2H3. The van der Waals surface area contributed by atoms with E-state index in [4.69, 9.17) is 0 Å². The maximum absolute atomic E-state index is 4.69. The van der Waals surface area contributed by atoms with Crippen molar-refractivity contribution < 1.29 is 0 Å². The largest absolute Gasteiger partial charge is 0.313 e. The molecule has 0 aromatic carbocycles. The van der Waals surface area contributed by atoms with Crippen molar-refractivity contribution in [2.24, 2.45) is 7.05 Å². The Morgan fingerprint density at radius 3 is 2.80 bits per heavy atom. The van der Waals surface area contributed by atoms with Gasteiger partial charge in [0.2, 0.25) is 0 Å². The van der Waals surface area contributed by atoms with Crippen LogP contribution in [0.4, 0.5) is 0 Å². The van der Waals surface area contributed by atoms with Crippen LogP contribution in [0, 0.1) is 0 Å². The zero-order valence-corrected chi connectivity index (χ0v) is 9.58.